The molecule has 0 saturated carbocycles. The molecule has 1 heterocycles. The van der Waals surface area contributed by atoms with Gasteiger partial charge < -0.3 is 0 Å². The highest BCUT2D eigenvalue weighted by Gasteiger charge is 2.03. The van der Waals surface area contributed by atoms with Crippen molar-refractivity contribution in [3.63, 3.8) is 0 Å². The Morgan fingerprint density at radius 3 is 3.00 bits per heavy atom. The Kier molecular flexibility index (Phi) is 4.26. The molecule has 0 aliphatic carbocycles. The lowest BCUT2D eigenvalue weighted by molar-refractivity contribution is 1.58. The fourth-order valence-corrected chi connectivity index (χ4v) is 3.84. The number of hydrogen-bond acceptors (Lipinski definition) is 3. The number of halogens is 1. The summed E-state index contributed by atoms with van der Waals surface area (Å²) in [5.74, 6) is 0.887. The molecule has 0 aliphatic heterocycles. The first-order chi connectivity index (χ1) is 8.20. The van der Waals surface area contributed by atoms with Crippen molar-refractivity contribution >= 4 is 44.8 Å². The lowest BCUT2D eigenvalue weighted by Crippen LogP contribution is -1.98. The molecule has 0 radical (unpaired) electrons. The quantitative estimate of drug-likeness (QED) is 0.605. The van der Waals surface area contributed by atoms with Gasteiger partial charge in [0.1, 0.15) is 0 Å². The average Bonchev–Trinajstić information content (AvgIpc) is 2.28. The van der Waals surface area contributed by atoms with Gasteiger partial charge in [-0.25, -0.2) is 0 Å². The minimum Gasteiger partial charge on any atom is -0.289 e. The fourth-order valence-electron chi connectivity index (χ4n) is 1.40. The molecule has 0 bridgehead atoms. The minimum atomic E-state index is 0.0680. The molecule has 0 saturated heterocycles. The standard InChI is InChI=1S/C13H11ClOS2/c1-2-3-6-16-13-8-11(15)10-5-4-9(14)7-12(10)17-13/h2-5,7-8H,6H2,1H3/b3-2+. The number of hydrogen-bond donors (Lipinski definition) is 0. The number of rotatable bonds is 3. The molecule has 2 rings (SSSR count). The third kappa shape index (κ3) is 3.12. The maximum atomic E-state index is 11.9. The van der Waals surface area contributed by atoms with Crippen LogP contribution in [0.5, 0.6) is 0 Å². The van der Waals surface area contributed by atoms with Gasteiger partial charge in [-0.3, -0.25) is 4.79 Å². The van der Waals surface area contributed by atoms with E-state index in [9.17, 15) is 4.79 Å². The summed E-state index contributed by atoms with van der Waals surface area (Å²) in [4.78, 5) is 11.9. The SMILES string of the molecule is C/C=C/CSc1cc(=O)c2ccc(Cl)cc2s1. The summed E-state index contributed by atoms with van der Waals surface area (Å²) in [6, 6.07) is 7.10. The summed E-state index contributed by atoms with van der Waals surface area (Å²) >= 11 is 9.22. The van der Waals surface area contributed by atoms with Crippen molar-refractivity contribution in [3.05, 3.63) is 51.7 Å². The van der Waals surface area contributed by atoms with Crippen LogP contribution in [0.25, 0.3) is 10.1 Å². The number of benzene rings is 1. The van der Waals surface area contributed by atoms with E-state index < -0.39 is 0 Å². The van der Waals surface area contributed by atoms with Crippen molar-refractivity contribution in [1.82, 2.24) is 0 Å². The molecule has 2 aromatic rings. The second-order valence-corrected chi connectivity index (χ2v) is 6.29. The first-order valence-electron chi connectivity index (χ1n) is 5.18. The summed E-state index contributed by atoms with van der Waals surface area (Å²) in [6.07, 6.45) is 4.08. The van der Waals surface area contributed by atoms with E-state index >= 15 is 0 Å². The zero-order valence-corrected chi connectivity index (χ0v) is 11.7. The molecule has 4 heteroatoms. The van der Waals surface area contributed by atoms with Crippen LogP contribution in [-0.4, -0.2) is 5.75 Å². The molecule has 0 N–H and O–H groups in total. The zero-order chi connectivity index (χ0) is 12.3. The highest BCUT2D eigenvalue weighted by atomic mass is 35.5. The van der Waals surface area contributed by atoms with Crippen LogP contribution in [0.4, 0.5) is 0 Å². The van der Waals surface area contributed by atoms with Crippen LogP contribution in [0.3, 0.4) is 0 Å². The maximum absolute atomic E-state index is 11.9. The second kappa shape index (κ2) is 5.71. The molecular formula is C13H11ClOS2. The predicted octanol–water partition coefficient (Wildman–Crippen LogP) is 4.58. The topological polar surface area (TPSA) is 17.1 Å². The molecule has 1 aromatic carbocycles. The molecule has 0 spiro atoms. The molecule has 1 aromatic heterocycles. The molecule has 88 valence electrons. The van der Waals surface area contributed by atoms with Crippen molar-refractivity contribution in [2.75, 3.05) is 5.75 Å². The van der Waals surface area contributed by atoms with Gasteiger partial charge in [0, 0.05) is 26.9 Å². The van der Waals surface area contributed by atoms with Crippen LogP contribution in [-0.2, 0) is 0 Å². The molecular weight excluding hydrogens is 272 g/mol. The monoisotopic (exact) mass is 282 g/mol. The van der Waals surface area contributed by atoms with Crippen LogP contribution in [0.1, 0.15) is 6.92 Å². The highest BCUT2D eigenvalue weighted by molar-refractivity contribution is 8.01. The fraction of sp³-hybridized carbons (Fsp3) is 0.154. The Balaban J connectivity index is 2.43. The van der Waals surface area contributed by atoms with E-state index in [1.165, 1.54) is 0 Å². The van der Waals surface area contributed by atoms with Gasteiger partial charge in [0.25, 0.3) is 0 Å². The van der Waals surface area contributed by atoms with E-state index in [2.05, 4.69) is 6.08 Å². The van der Waals surface area contributed by atoms with Gasteiger partial charge in [0.05, 0.1) is 4.21 Å². The van der Waals surface area contributed by atoms with Crippen LogP contribution < -0.4 is 5.43 Å². The molecule has 17 heavy (non-hydrogen) atoms. The number of fused-ring (bicyclic) bond motifs is 1. The first kappa shape index (κ1) is 12.7. The third-order valence-corrected chi connectivity index (χ3v) is 4.70. The molecule has 0 unspecified atom stereocenters. The van der Waals surface area contributed by atoms with Crippen LogP contribution in [0.2, 0.25) is 5.02 Å². The van der Waals surface area contributed by atoms with E-state index in [0.29, 0.717) is 5.02 Å². The predicted molar refractivity (Wildman–Crippen MR) is 78.6 cm³/mol. The van der Waals surface area contributed by atoms with Gasteiger partial charge in [-0.1, -0.05) is 23.8 Å². The minimum absolute atomic E-state index is 0.0680. The van der Waals surface area contributed by atoms with Gasteiger partial charge in [0.2, 0.25) is 0 Å². The summed E-state index contributed by atoms with van der Waals surface area (Å²) in [7, 11) is 0. The Labute approximate surface area is 113 Å². The van der Waals surface area contributed by atoms with Crippen molar-refractivity contribution in [3.8, 4) is 0 Å². The largest absolute Gasteiger partial charge is 0.289 e. The van der Waals surface area contributed by atoms with Gasteiger partial charge >= 0.3 is 0 Å². The van der Waals surface area contributed by atoms with Gasteiger partial charge in [-0.2, -0.15) is 0 Å². The Hall–Kier alpha value is -0.770. The van der Waals surface area contributed by atoms with E-state index in [-0.39, 0.29) is 5.43 Å². The van der Waals surface area contributed by atoms with Crippen molar-refractivity contribution in [2.24, 2.45) is 0 Å². The third-order valence-electron chi connectivity index (χ3n) is 2.23. The molecule has 0 atom stereocenters. The Bertz CT molecular complexity index is 616. The maximum Gasteiger partial charge on any atom is 0.189 e. The van der Waals surface area contributed by atoms with E-state index in [0.717, 1.165) is 20.0 Å². The summed E-state index contributed by atoms with van der Waals surface area (Å²) in [5, 5.41) is 1.42. The van der Waals surface area contributed by atoms with E-state index in [1.807, 2.05) is 19.1 Å². The van der Waals surface area contributed by atoms with Gasteiger partial charge in [0.15, 0.2) is 5.43 Å². The Morgan fingerprint density at radius 1 is 1.41 bits per heavy atom. The van der Waals surface area contributed by atoms with Crippen LogP contribution in [0.15, 0.2) is 45.4 Å². The zero-order valence-electron chi connectivity index (χ0n) is 9.27. The molecule has 0 amide bonds. The summed E-state index contributed by atoms with van der Waals surface area (Å²) < 4.78 is 1.98. The van der Waals surface area contributed by atoms with Gasteiger partial charge in [-0.05, 0) is 25.1 Å². The Morgan fingerprint density at radius 2 is 2.24 bits per heavy atom. The smallest absolute Gasteiger partial charge is 0.189 e. The molecule has 0 aliphatic rings. The van der Waals surface area contributed by atoms with Crippen molar-refractivity contribution < 1.29 is 0 Å². The molecule has 1 nitrogen and oxygen atoms in total. The van der Waals surface area contributed by atoms with Crippen LogP contribution >= 0.6 is 34.7 Å². The lowest BCUT2D eigenvalue weighted by Gasteiger charge is -2.01. The number of thioether (sulfide) groups is 1. The highest BCUT2D eigenvalue weighted by Crippen LogP contribution is 2.28. The van der Waals surface area contributed by atoms with Gasteiger partial charge in [-0.15, -0.1) is 23.1 Å². The average molecular weight is 283 g/mol. The summed E-state index contributed by atoms with van der Waals surface area (Å²) in [6.45, 7) is 1.99. The summed E-state index contributed by atoms with van der Waals surface area (Å²) in [5.41, 5.74) is 0.0680. The lowest BCUT2D eigenvalue weighted by atomic mass is 10.2. The normalized spacial score (nSPS) is 11.4. The number of allylic oxidation sites excluding steroid dienone is 1. The van der Waals surface area contributed by atoms with Crippen LogP contribution in [0, 0.1) is 0 Å². The molecule has 0 fully saturated rings. The second-order valence-electron chi connectivity index (χ2n) is 3.45. The first-order valence-corrected chi connectivity index (χ1v) is 7.36. The van der Waals surface area contributed by atoms with E-state index in [4.69, 9.17) is 11.6 Å². The van der Waals surface area contributed by atoms with Crippen molar-refractivity contribution in [1.29, 1.82) is 0 Å². The van der Waals surface area contributed by atoms with Crippen molar-refractivity contribution in [2.45, 2.75) is 11.1 Å². The van der Waals surface area contributed by atoms with E-state index in [1.54, 1.807) is 41.3 Å².